The molecule has 0 aliphatic heterocycles. The second-order valence-corrected chi connectivity index (χ2v) is 4.63. The second kappa shape index (κ2) is 5.34. The van der Waals surface area contributed by atoms with Crippen LogP contribution in [-0.2, 0) is 4.79 Å². The molecular formula is C13H8BrClO2. The number of carbonyl (C=O) groups is 1. The average Bonchev–Trinajstić information content (AvgIpc) is 2.76. The van der Waals surface area contributed by atoms with Crippen molar-refractivity contribution in [1.82, 2.24) is 0 Å². The zero-order chi connectivity index (χ0) is 12.3. The van der Waals surface area contributed by atoms with E-state index < -0.39 is 5.24 Å². The Kier molecular flexibility index (Phi) is 3.82. The van der Waals surface area contributed by atoms with Crippen molar-refractivity contribution in [2.45, 2.75) is 0 Å². The van der Waals surface area contributed by atoms with E-state index in [-0.39, 0.29) is 0 Å². The molecule has 0 aliphatic rings. The summed E-state index contributed by atoms with van der Waals surface area (Å²) in [6.45, 7) is 0. The molecular weight excluding hydrogens is 303 g/mol. The van der Waals surface area contributed by atoms with Gasteiger partial charge in [-0.1, -0.05) is 28.1 Å². The Morgan fingerprint density at radius 3 is 2.53 bits per heavy atom. The highest BCUT2D eigenvalue weighted by Crippen LogP contribution is 2.24. The van der Waals surface area contributed by atoms with E-state index in [0.717, 1.165) is 15.8 Å². The standard InChI is InChI=1S/C13H8BrClO2/c14-10-3-1-9(2-4-10)12-7-5-11(17-12)6-8-13(15)16/h1-8H/b8-6+. The van der Waals surface area contributed by atoms with E-state index in [1.54, 1.807) is 6.07 Å². The lowest BCUT2D eigenvalue weighted by atomic mass is 10.2. The van der Waals surface area contributed by atoms with E-state index >= 15 is 0 Å². The summed E-state index contributed by atoms with van der Waals surface area (Å²) in [5.74, 6) is 1.34. The molecule has 2 rings (SSSR count). The van der Waals surface area contributed by atoms with Crippen molar-refractivity contribution in [2.24, 2.45) is 0 Å². The quantitative estimate of drug-likeness (QED) is 0.617. The summed E-state index contributed by atoms with van der Waals surface area (Å²) in [5.41, 5.74) is 0.977. The third-order valence-electron chi connectivity index (χ3n) is 2.13. The molecule has 0 radical (unpaired) electrons. The van der Waals surface area contributed by atoms with Crippen LogP contribution in [0, 0.1) is 0 Å². The number of hydrogen-bond donors (Lipinski definition) is 0. The van der Waals surface area contributed by atoms with Crippen LogP contribution in [0.3, 0.4) is 0 Å². The third-order valence-corrected chi connectivity index (χ3v) is 2.79. The van der Waals surface area contributed by atoms with Gasteiger partial charge in [-0.2, -0.15) is 0 Å². The molecule has 0 amide bonds. The number of rotatable bonds is 3. The van der Waals surface area contributed by atoms with Crippen LogP contribution >= 0.6 is 27.5 Å². The van der Waals surface area contributed by atoms with Crippen LogP contribution in [-0.4, -0.2) is 5.24 Å². The largest absolute Gasteiger partial charge is 0.457 e. The number of benzene rings is 1. The Bertz CT molecular complexity index is 555. The number of furan rings is 1. The van der Waals surface area contributed by atoms with Crippen molar-refractivity contribution in [3.05, 3.63) is 52.7 Å². The van der Waals surface area contributed by atoms with Crippen molar-refractivity contribution in [3.63, 3.8) is 0 Å². The van der Waals surface area contributed by atoms with Gasteiger partial charge in [-0.15, -0.1) is 0 Å². The Hall–Kier alpha value is -1.32. The van der Waals surface area contributed by atoms with Crippen molar-refractivity contribution < 1.29 is 9.21 Å². The molecule has 2 aromatic rings. The van der Waals surface area contributed by atoms with E-state index in [2.05, 4.69) is 15.9 Å². The van der Waals surface area contributed by atoms with Gasteiger partial charge < -0.3 is 4.42 Å². The van der Waals surface area contributed by atoms with Gasteiger partial charge in [0.1, 0.15) is 11.5 Å². The molecule has 0 saturated heterocycles. The van der Waals surface area contributed by atoms with Crippen LogP contribution in [0.25, 0.3) is 17.4 Å². The van der Waals surface area contributed by atoms with Crippen LogP contribution in [0.15, 0.2) is 51.4 Å². The molecule has 1 aromatic heterocycles. The fourth-order valence-corrected chi connectivity index (χ4v) is 1.69. The lowest BCUT2D eigenvalue weighted by Crippen LogP contribution is -1.74. The van der Waals surface area contributed by atoms with E-state index in [0.29, 0.717) is 5.76 Å². The SMILES string of the molecule is O=C(Cl)/C=C/c1ccc(-c2ccc(Br)cc2)o1. The highest BCUT2D eigenvalue weighted by atomic mass is 79.9. The van der Waals surface area contributed by atoms with Gasteiger partial charge in [0.15, 0.2) is 0 Å². The molecule has 1 aromatic carbocycles. The zero-order valence-corrected chi connectivity index (χ0v) is 11.0. The summed E-state index contributed by atoms with van der Waals surface area (Å²) >= 11 is 8.57. The van der Waals surface area contributed by atoms with Crippen molar-refractivity contribution in [2.75, 3.05) is 0 Å². The molecule has 0 atom stereocenters. The van der Waals surface area contributed by atoms with Gasteiger partial charge in [-0.3, -0.25) is 4.79 Å². The van der Waals surface area contributed by atoms with E-state index in [4.69, 9.17) is 16.0 Å². The van der Waals surface area contributed by atoms with Crippen molar-refractivity contribution in [1.29, 1.82) is 0 Å². The van der Waals surface area contributed by atoms with Crippen LogP contribution < -0.4 is 0 Å². The molecule has 0 saturated carbocycles. The molecule has 86 valence electrons. The maximum atomic E-state index is 10.6. The first-order chi connectivity index (χ1) is 8.15. The zero-order valence-electron chi connectivity index (χ0n) is 8.69. The summed E-state index contributed by atoms with van der Waals surface area (Å²) in [4.78, 5) is 10.6. The molecule has 0 spiro atoms. The first-order valence-electron chi connectivity index (χ1n) is 4.88. The Morgan fingerprint density at radius 1 is 1.18 bits per heavy atom. The number of allylic oxidation sites excluding steroid dienone is 1. The lowest BCUT2D eigenvalue weighted by molar-refractivity contribution is -0.107. The molecule has 1 heterocycles. The minimum absolute atomic E-state index is 0.522. The van der Waals surface area contributed by atoms with Crippen LogP contribution in [0.5, 0.6) is 0 Å². The minimum atomic E-state index is -0.522. The molecule has 0 fully saturated rings. The summed E-state index contributed by atoms with van der Waals surface area (Å²) in [6, 6.07) is 11.4. The first kappa shape index (κ1) is 12.1. The van der Waals surface area contributed by atoms with Gasteiger partial charge in [-0.05, 0) is 41.9 Å². The molecule has 0 bridgehead atoms. The predicted molar refractivity (Wildman–Crippen MR) is 71.7 cm³/mol. The van der Waals surface area contributed by atoms with E-state index in [9.17, 15) is 4.79 Å². The fourth-order valence-electron chi connectivity index (χ4n) is 1.36. The summed E-state index contributed by atoms with van der Waals surface area (Å²) in [7, 11) is 0. The summed E-state index contributed by atoms with van der Waals surface area (Å²) in [5, 5.41) is -0.522. The average molecular weight is 312 g/mol. The first-order valence-corrected chi connectivity index (χ1v) is 6.05. The summed E-state index contributed by atoms with van der Waals surface area (Å²) in [6.07, 6.45) is 2.80. The van der Waals surface area contributed by atoms with Gasteiger partial charge >= 0.3 is 0 Å². The normalized spacial score (nSPS) is 10.9. The molecule has 0 unspecified atom stereocenters. The topological polar surface area (TPSA) is 30.2 Å². The Balaban J connectivity index is 2.23. The fraction of sp³-hybridized carbons (Fsp3) is 0. The van der Waals surface area contributed by atoms with Gasteiger partial charge in [0.05, 0.1) is 0 Å². The molecule has 0 N–H and O–H groups in total. The minimum Gasteiger partial charge on any atom is -0.457 e. The molecule has 0 aliphatic carbocycles. The maximum Gasteiger partial charge on any atom is 0.245 e. The number of hydrogen-bond acceptors (Lipinski definition) is 2. The van der Waals surface area contributed by atoms with Crippen LogP contribution in [0.4, 0.5) is 0 Å². The number of halogens is 2. The molecule has 17 heavy (non-hydrogen) atoms. The van der Waals surface area contributed by atoms with E-state index in [1.807, 2.05) is 30.3 Å². The highest BCUT2D eigenvalue weighted by Gasteiger charge is 2.02. The monoisotopic (exact) mass is 310 g/mol. The van der Waals surface area contributed by atoms with Gasteiger partial charge in [-0.25, -0.2) is 0 Å². The lowest BCUT2D eigenvalue weighted by Gasteiger charge is -1.96. The third kappa shape index (κ3) is 3.32. The van der Waals surface area contributed by atoms with Crippen LogP contribution in [0.2, 0.25) is 0 Å². The van der Waals surface area contributed by atoms with Crippen molar-refractivity contribution >= 4 is 38.8 Å². The van der Waals surface area contributed by atoms with Crippen LogP contribution in [0.1, 0.15) is 5.76 Å². The molecule has 4 heteroatoms. The number of carbonyl (C=O) groups excluding carboxylic acids is 1. The maximum absolute atomic E-state index is 10.6. The molecule has 2 nitrogen and oxygen atoms in total. The van der Waals surface area contributed by atoms with E-state index in [1.165, 1.54) is 12.2 Å². The Labute approximate surface area is 112 Å². The van der Waals surface area contributed by atoms with Gasteiger partial charge in [0.25, 0.3) is 0 Å². The van der Waals surface area contributed by atoms with Crippen molar-refractivity contribution in [3.8, 4) is 11.3 Å². The highest BCUT2D eigenvalue weighted by molar-refractivity contribution is 9.10. The summed E-state index contributed by atoms with van der Waals surface area (Å²) < 4.78 is 6.56. The predicted octanol–water partition coefficient (Wildman–Crippen LogP) is 4.49. The Morgan fingerprint density at radius 2 is 1.88 bits per heavy atom. The smallest absolute Gasteiger partial charge is 0.245 e. The van der Waals surface area contributed by atoms with Gasteiger partial charge in [0.2, 0.25) is 5.24 Å². The second-order valence-electron chi connectivity index (χ2n) is 3.35. The van der Waals surface area contributed by atoms with Gasteiger partial charge in [0, 0.05) is 16.1 Å².